The van der Waals surface area contributed by atoms with E-state index in [0.717, 1.165) is 32.7 Å². The molecule has 5 nitrogen and oxygen atoms in total. The highest BCUT2D eigenvalue weighted by molar-refractivity contribution is 7.92. The predicted octanol–water partition coefficient (Wildman–Crippen LogP) is 6.29. The Morgan fingerprint density at radius 2 is 1.17 bits per heavy atom. The van der Waals surface area contributed by atoms with E-state index in [-0.39, 0.29) is 4.90 Å². The van der Waals surface area contributed by atoms with Crippen molar-refractivity contribution in [2.24, 2.45) is 0 Å². The molecule has 6 rings (SSSR count). The molecule has 0 aliphatic heterocycles. The van der Waals surface area contributed by atoms with Gasteiger partial charge in [0.25, 0.3) is 10.0 Å². The first-order valence-corrected chi connectivity index (χ1v) is 10.9. The van der Waals surface area contributed by atoms with Crippen LogP contribution in [0.5, 0.6) is 0 Å². The summed E-state index contributed by atoms with van der Waals surface area (Å²) >= 11 is 0. The number of benzene rings is 4. The van der Waals surface area contributed by atoms with E-state index in [1.165, 1.54) is 0 Å². The number of fused-ring (bicyclic) bond motifs is 6. The first-order chi connectivity index (χ1) is 14.6. The van der Waals surface area contributed by atoms with E-state index < -0.39 is 10.0 Å². The molecule has 6 heteroatoms. The minimum absolute atomic E-state index is 0.172. The van der Waals surface area contributed by atoms with E-state index in [4.69, 9.17) is 8.83 Å². The Hall–Kier alpha value is -3.77. The lowest BCUT2D eigenvalue weighted by molar-refractivity contribution is 0.601. The third-order valence-electron chi connectivity index (χ3n) is 5.29. The SMILES string of the molecule is O=S(=O)(Nc1ccc2c(c1)oc1ccccc12)c1ccc2oc3ccccc3c2c1. The average Bonchev–Trinajstić information content (AvgIpc) is 3.30. The van der Waals surface area contributed by atoms with E-state index in [2.05, 4.69) is 4.72 Å². The minimum Gasteiger partial charge on any atom is -0.456 e. The van der Waals surface area contributed by atoms with Gasteiger partial charge in [-0.25, -0.2) is 8.42 Å². The summed E-state index contributed by atoms with van der Waals surface area (Å²) in [5.74, 6) is 0. The summed E-state index contributed by atoms with van der Waals surface area (Å²) in [4.78, 5) is 0.172. The smallest absolute Gasteiger partial charge is 0.261 e. The van der Waals surface area contributed by atoms with Gasteiger partial charge in [0.1, 0.15) is 22.3 Å². The monoisotopic (exact) mass is 413 g/mol. The van der Waals surface area contributed by atoms with E-state index in [1.807, 2.05) is 54.6 Å². The maximum absolute atomic E-state index is 13.0. The Kier molecular flexibility index (Phi) is 3.49. The summed E-state index contributed by atoms with van der Waals surface area (Å²) in [5.41, 5.74) is 3.22. The van der Waals surface area contributed by atoms with Gasteiger partial charge in [-0.3, -0.25) is 4.72 Å². The van der Waals surface area contributed by atoms with Crippen molar-refractivity contribution in [2.45, 2.75) is 4.90 Å². The zero-order chi connectivity index (χ0) is 20.3. The second-order valence-electron chi connectivity index (χ2n) is 7.17. The van der Waals surface area contributed by atoms with Crippen molar-refractivity contribution >= 4 is 59.6 Å². The van der Waals surface area contributed by atoms with Crippen LogP contribution in [-0.4, -0.2) is 8.42 Å². The van der Waals surface area contributed by atoms with Gasteiger partial charge in [-0.15, -0.1) is 0 Å². The lowest BCUT2D eigenvalue weighted by Gasteiger charge is -2.08. The van der Waals surface area contributed by atoms with Crippen LogP contribution in [0.25, 0.3) is 43.9 Å². The van der Waals surface area contributed by atoms with Gasteiger partial charge in [-0.2, -0.15) is 0 Å². The first kappa shape index (κ1) is 17.1. The zero-order valence-electron chi connectivity index (χ0n) is 15.6. The standard InChI is InChI=1S/C24H15NO4S/c26-30(27,16-10-12-23-20(14-16)18-6-2-4-8-22(18)28-23)25-15-9-11-19-17-5-1-3-7-21(17)29-24(19)13-15/h1-14,25H. The maximum atomic E-state index is 13.0. The molecule has 0 bridgehead atoms. The number of hydrogen-bond donors (Lipinski definition) is 1. The van der Waals surface area contributed by atoms with Crippen molar-refractivity contribution in [3.05, 3.63) is 84.9 Å². The van der Waals surface area contributed by atoms with Crippen molar-refractivity contribution in [3.63, 3.8) is 0 Å². The summed E-state index contributed by atoms with van der Waals surface area (Å²) in [7, 11) is -3.78. The van der Waals surface area contributed by atoms with Gasteiger partial charge < -0.3 is 8.83 Å². The molecule has 0 radical (unpaired) electrons. The van der Waals surface area contributed by atoms with Crippen LogP contribution >= 0.6 is 0 Å². The quantitative estimate of drug-likeness (QED) is 0.370. The molecule has 0 atom stereocenters. The molecular weight excluding hydrogens is 398 g/mol. The molecule has 0 saturated heterocycles. The molecule has 30 heavy (non-hydrogen) atoms. The van der Waals surface area contributed by atoms with Crippen LogP contribution in [0.2, 0.25) is 0 Å². The summed E-state index contributed by atoms with van der Waals surface area (Å²) < 4.78 is 40.4. The summed E-state index contributed by atoms with van der Waals surface area (Å²) in [5, 5.41) is 3.59. The normalized spacial score (nSPS) is 12.3. The number of sulfonamides is 1. The largest absolute Gasteiger partial charge is 0.456 e. The van der Waals surface area contributed by atoms with Crippen molar-refractivity contribution in [1.82, 2.24) is 0 Å². The molecule has 6 aromatic rings. The third-order valence-corrected chi connectivity index (χ3v) is 6.67. The Labute approximate surface area is 171 Å². The molecular formula is C24H15NO4S. The van der Waals surface area contributed by atoms with Crippen LogP contribution in [0.4, 0.5) is 5.69 Å². The second kappa shape index (κ2) is 6.11. The second-order valence-corrected chi connectivity index (χ2v) is 8.85. The van der Waals surface area contributed by atoms with Crippen LogP contribution in [0.3, 0.4) is 0 Å². The van der Waals surface area contributed by atoms with E-state index in [9.17, 15) is 8.42 Å². The fourth-order valence-corrected chi connectivity index (χ4v) is 4.95. The van der Waals surface area contributed by atoms with E-state index in [1.54, 1.807) is 30.3 Å². The predicted molar refractivity (Wildman–Crippen MR) is 118 cm³/mol. The summed E-state index contributed by atoms with van der Waals surface area (Å²) in [6, 6.07) is 25.5. The molecule has 1 N–H and O–H groups in total. The summed E-state index contributed by atoms with van der Waals surface area (Å²) in [6.07, 6.45) is 0. The van der Waals surface area contributed by atoms with Crippen molar-refractivity contribution < 1.29 is 17.3 Å². The van der Waals surface area contributed by atoms with Crippen LogP contribution in [0.15, 0.2) is 98.7 Å². The van der Waals surface area contributed by atoms with Crippen molar-refractivity contribution in [3.8, 4) is 0 Å². The number of anilines is 1. The van der Waals surface area contributed by atoms with Gasteiger partial charge in [0.05, 0.1) is 10.6 Å². The fraction of sp³-hybridized carbons (Fsp3) is 0. The third kappa shape index (κ3) is 2.58. The highest BCUT2D eigenvalue weighted by Gasteiger charge is 2.18. The average molecular weight is 413 g/mol. The maximum Gasteiger partial charge on any atom is 0.261 e. The molecule has 4 aromatic carbocycles. The topological polar surface area (TPSA) is 72.5 Å². The lowest BCUT2D eigenvalue weighted by Crippen LogP contribution is -2.12. The Morgan fingerprint density at radius 1 is 0.567 bits per heavy atom. The van der Waals surface area contributed by atoms with Gasteiger partial charge >= 0.3 is 0 Å². The molecule has 2 heterocycles. The minimum atomic E-state index is -3.78. The molecule has 0 spiro atoms. The van der Waals surface area contributed by atoms with Crippen LogP contribution in [-0.2, 0) is 10.0 Å². The molecule has 0 unspecified atom stereocenters. The molecule has 0 aliphatic carbocycles. The zero-order valence-corrected chi connectivity index (χ0v) is 16.4. The van der Waals surface area contributed by atoms with Crippen LogP contribution in [0, 0.1) is 0 Å². The number of nitrogens with one attached hydrogen (secondary N) is 1. The van der Waals surface area contributed by atoms with Crippen LogP contribution < -0.4 is 4.72 Å². The molecule has 2 aromatic heterocycles. The van der Waals surface area contributed by atoms with Crippen molar-refractivity contribution in [1.29, 1.82) is 0 Å². The molecule has 0 amide bonds. The van der Waals surface area contributed by atoms with Crippen LogP contribution in [0.1, 0.15) is 0 Å². The van der Waals surface area contributed by atoms with Gasteiger partial charge in [-0.05, 0) is 42.5 Å². The van der Waals surface area contributed by atoms with Crippen molar-refractivity contribution in [2.75, 3.05) is 4.72 Å². The summed E-state index contributed by atoms with van der Waals surface area (Å²) in [6.45, 7) is 0. The van der Waals surface area contributed by atoms with Gasteiger partial charge in [0.2, 0.25) is 0 Å². The molecule has 146 valence electrons. The molecule has 0 aliphatic rings. The lowest BCUT2D eigenvalue weighted by atomic mass is 10.1. The number of rotatable bonds is 3. The van der Waals surface area contributed by atoms with E-state index in [0.29, 0.717) is 16.9 Å². The highest BCUT2D eigenvalue weighted by Crippen LogP contribution is 2.33. The Bertz CT molecular complexity index is 1690. The Morgan fingerprint density at radius 3 is 1.93 bits per heavy atom. The fourth-order valence-electron chi connectivity index (χ4n) is 3.88. The first-order valence-electron chi connectivity index (χ1n) is 9.44. The number of para-hydroxylation sites is 2. The van der Waals surface area contributed by atoms with Gasteiger partial charge in [-0.1, -0.05) is 36.4 Å². The molecule has 0 fully saturated rings. The highest BCUT2D eigenvalue weighted by atomic mass is 32.2. The molecule has 0 saturated carbocycles. The van der Waals surface area contributed by atoms with Gasteiger partial charge in [0, 0.05) is 27.6 Å². The van der Waals surface area contributed by atoms with Gasteiger partial charge in [0.15, 0.2) is 0 Å². The number of furan rings is 2. The van der Waals surface area contributed by atoms with E-state index >= 15 is 0 Å². The Balaban J connectivity index is 1.42. The number of hydrogen-bond acceptors (Lipinski definition) is 4.